The van der Waals surface area contributed by atoms with E-state index in [9.17, 15) is 8.42 Å². The lowest BCUT2D eigenvalue weighted by Gasteiger charge is -2.26. The second kappa shape index (κ2) is 3.09. The average molecular weight is 221 g/mol. The summed E-state index contributed by atoms with van der Waals surface area (Å²) in [6.07, 6.45) is 0. The van der Waals surface area contributed by atoms with Crippen LogP contribution in [0.3, 0.4) is 0 Å². The Morgan fingerprint density at radius 2 is 2.00 bits per heavy atom. The lowest BCUT2D eigenvalue weighted by Crippen LogP contribution is -2.31. The van der Waals surface area contributed by atoms with Gasteiger partial charge in [0.15, 0.2) is 4.71 Å². The van der Waals surface area contributed by atoms with Gasteiger partial charge in [-0.2, -0.15) is 11.8 Å². The highest BCUT2D eigenvalue weighted by Gasteiger charge is 2.34. The zero-order chi connectivity index (χ0) is 7.78. The van der Waals surface area contributed by atoms with Gasteiger partial charge in [0.1, 0.15) is 0 Å². The molecule has 1 aliphatic rings. The third-order valence-corrected chi connectivity index (χ3v) is 5.46. The Labute approximate surface area is 73.7 Å². The van der Waals surface area contributed by atoms with Crippen molar-refractivity contribution in [3.63, 3.8) is 0 Å². The van der Waals surface area contributed by atoms with E-state index in [1.165, 1.54) is 0 Å². The fourth-order valence-corrected chi connectivity index (χ4v) is 3.25. The molecular formula is C4H6Cl2O2S2. The largest absolute Gasteiger partial charge is 0.249 e. The highest BCUT2D eigenvalue weighted by Crippen LogP contribution is 2.34. The molecule has 0 saturated carbocycles. The standard InChI is InChI=1S/C4H6Cl2O2S2/c5-4(10(6,7)8)3-1-9-2-3/h3-4H,1-2H2. The molecule has 0 radical (unpaired) electrons. The fraction of sp³-hybridized carbons (Fsp3) is 1.00. The molecule has 10 heavy (non-hydrogen) atoms. The molecule has 1 unspecified atom stereocenters. The predicted molar refractivity (Wildman–Crippen MR) is 45.2 cm³/mol. The molecule has 1 heterocycles. The fourth-order valence-electron chi connectivity index (χ4n) is 0.635. The minimum Gasteiger partial charge on any atom is -0.211 e. The van der Waals surface area contributed by atoms with Gasteiger partial charge in [0.25, 0.3) is 0 Å². The summed E-state index contributed by atoms with van der Waals surface area (Å²) in [6, 6.07) is 0. The van der Waals surface area contributed by atoms with Crippen LogP contribution >= 0.6 is 34.0 Å². The first-order valence-electron chi connectivity index (χ1n) is 2.67. The number of rotatable bonds is 2. The molecule has 0 bridgehead atoms. The summed E-state index contributed by atoms with van der Waals surface area (Å²) < 4.78 is 20.3. The molecule has 0 aromatic heterocycles. The van der Waals surface area contributed by atoms with Gasteiger partial charge in [0, 0.05) is 16.6 Å². The third-order valence-electron chi connectivity index (χ3n) is 1.30. The van der Waals surface area contributed by atoms with E-state index in [1.54, 1.807) is 11.8 Å². The van der Waals surface area contributed by atoms with E-state index in [0.29, 0.717) is 0 Å². The number of hydrogen-bond donors (Lipinski definition) is 0. The summed E-state index contributed by atoms with van der Waals surface area (Å²) in [6.45, 7) is 0. The maximum Gasteiger partial charge on any atom is 0.249 e. The topological polar surface area (TPSA) is 34.1 Å². The summed E-state index contributed by atoms with van der Waals surface area (Å²) >= 11 is 7.21. The summed E-state index contributed by atoms with van der Waals surface area (Å²) in [5.41, 5.74) is 0. The monoisotopic (exact) mass is 220 g/mol. The Balaban J connectivity index is 2.56. The molecule has 0 amide bonds. The van der Waals surface area contributed by atoms with E-state index in [0.717, 1.165) is 11.5 Å². The molecule has 0 aromatic carbocycles. The Kier molecular flexibility index (Phi) is 2.77. The lowest BCUT2D eigenvalue weighted by molar-refractivity contribution is 0.585. The maximum atomic E-state index is 10.6. The summed E-state index contributed by atoms with van der Waals surface area (Å²) in [4.78, 5) is 0. The van der Waals surface area contributed by atoms with Crippen molar-refractivity contribution in [2.24, 2.45) is 5.92 Å². The SMILES string of the molecule is O=S(=O)(Cl)C(Cl)C1CSC1. The van der Waals surface area contributed by atoms with Crippen LogP contribution in [-0.2, 0) is 9.05 Å². The van der Waals surface area contributed by atoms with E-state index in [2.05, 4.69) is 0 Å². The van der Waals surface area contributed by atoms with E-state index in [4.69, 9.17) is 22.3 Å². The molecule has 1 atom stereocenters. The molecule has 2 nitrogen and oxygen atoms in total. The highest BCUT2D eigenvalue weighted by atomic mass is 35.7. The van der Waals surface area contributed by atoms with Gasteiger partial charge < -0.3 is 0 Å². The van der Waals surface area contributed by atoms with Gasteiger partial charge in [-0.15, -0.1) is 11.6 Å². The first kappa shape index (κ1) is 8.97. The molecule has 1 saturated heterocycles. The van der Waals surface area contributed by atoms with Crippen molar-refractivity contribution in [2.45, 2.75) is 4.71 Å². The average Bonchev–Trinajstić information content (AvgIpc) is 1.57. The Hall–Kier alpha value is 0.880. The van der Waals surface area contributed by atoms with Gasteiger partial charge in [-0.05, 0) is 11.5 Å². The number of thioether (sulfide) groups is 1. The van der Waals surface area contributed by atoms with Gasteiger partial charge in [0.2, 0.25) is 9.05 Å². The van der Waals surface area contributed by atoms with Gasteiger partial charge in [-0.25, -0.2) is 8.42 Å². The molecule has 1 rings (SSSR count). The van der Waals surface area contributed by atoms with Crippen LogP contribution in [0.2, 0.25) is 0 Å². The zero-order valence-corrected chi connectivity index (χ0v) is 8.10. The zero-order valence-electron chi connectivity index (χ0n) is 4.96. The van der Waals surface area contributed by atoms with Gasteiger partial charge in [-0.1, -0.05) is 0 Å². The van der Waals surface area contributed by atoms with Gasteiger partial charge >= 0.3 is 0 Å². The second-order valence-electron chi connectivity index (χ2n) is 2.12. The quantitative estimate of drug-likeness (QED) is 0.523. The van der Waals surface area contributed by atoms with Crippen LogP contribution in [0.4, 0.5) is 0 Å². The van der Waals surface area contributed by atoms with E-state index in [1.807, 2.05) is 0 Å². The number of hydrogen-bond acceptors (Lipinski definition) is 3. The van der Waals surface area contributed by atoms with E-state index >= 15 is 0 Å². The highest BCUT2D eigenvalue weighted by molar-refractivity contribution is 8.15. The van der Waals surface area contributed by atoms with Crippen LogP contribution in [0, 0.1) is 5.92 Å². The Morgan fingerprint density at radius 3 is 2.10 bits per heavy atom. The van der Waals surface area contributed by atoms with Crippen LogP contribution in [-0.4, -0.2) is 24.6 Å². The lowest BCUT2D eigenvalue weighted by atomic mass is 10.2. The van der Waals surface area contributed by atoms with Crippen molar-refractivity contribution < 1.29 is 8.42 Å². The summed E-state index contributed by atoms with van der Waals surface area (Å²) in [7, 11) is 1.48. The molecule has 0 N–H and O–H groups in total. The van der Waals surface area contributed by atoms with E-state index in [-0.39, 0.29) is 5.92 Å². The van der Waals surface area contributed by atoms with Gasteiger partial charge in [0.05, 0.1) is 0 Å². The molecule has 60 valence electrons. The Bertz CT molecular complexity index is 209. The first-order chi connectivity index (χ1) is 4.52. The molecule has 0 aliphatic carbocycles. The maximum absolute atomic E-state index is 10.6. The molecule has 1 aliphatic heterocycles. The van der Waals surface area contributed by atoms with Crippen molar-refractivity contribution in [3.8, 4) is 0 Å². The number of alkyl halides is 1. The van der Waals surface area contributed by atoms with Crippen LogP contribution < -0.4 is 0 Å². The van der Waals surface area contributed by atoms with Gasteiger partial charge in [-0.3, -0.25) is 0 Å². The van der Waals surface area contributed by atoms with Crippen LogP contribution in [0.25, 0.3) is 0 Å². The minimum atomic E-state index is -3.54. The third kappa shape index (κ3) is 1.94. The minimum absolute atomic E-state index is 0.0502. The van der Waals surface area contributed by atoms with Crippen LogP contribution in [0.15, 0.2) is 0 Å². The molecule has 1 fully saturated rings. The molecule has 6 heteroatoms. The summed E-state index contributed by atoms with van der Waals surface area (Å²) in [5.74, 6) is 1.66. The van der Waals surface area contributed by atoms with Crippen molar-refractivity contribution in [1.82, 2.24) is 0 Å². The molecular weight excluding hydrogens is 215 g/mol. The normalized spacial score (nSPS) is 23.8. The predicted octanol–water partition coefficient (Wildman–Crippen LogP) is 1.48. The van der Waals surface area contributed by atoms with Crippen molar-refractivity contribution in [2.75, 3.05) is 11.5 Å². The second-order valence-corrected chi connectivity index (χ2v) is 6.68. The Morgan fingerprint density at radius 1 is 1.50 bits per heavy atom. The molecule has 0 aromatic rings. The van der Waals surface area contributed by atoms with E-state index < -0.39 is 13.8 Å². The van der Waals surface area contributed by atoms with Crippen LogP contribution in [0.1, 0.15) is 0 Å². The first-order valence-corrected chi connectivity index (χ1v) is 6.63. The van der Waals surface area contributed by atoms with Crippen molar-refractivity contribution >= 4 is 43.1 Å². The number of halogens is 2. The summed E-state index contributed by atoms with van der Waals surface area (Å²) in [5, 5.41) is 0. The van der Waals surface area contributed by atoms with Crippen molar-refractivity contribution in [3.05, 3.63) is 0 Å². The molecule has 0 spiro atoms. The van der Waals surface area contributed by atoms with Crippen molar-refractivity contribution in [1.29, 1.82) is 0 Å². The smallest absolute Gasteiger partial charge is 0.211 e. The van der Waals surface area contributed by atoms with Crippen LogP contribution in [0.5, 0.6) is 0 Å².